The fourth-order valence-electron chi connectivity index (χ4n) is 1.75. The van der Waals surface area contributed by atoms with Crippen molar-refractivity contribution in [3.05, 3.63) is 12.7 Å². The summed E-state index contributed by atoms with van der Waals surface area (Å²) in [6.45, 7) is 3.76. The van der Waals surface area contributed by atoms with E-state index in [1.54, 1.807) is 6.08 Å². The molecule has 0 saturated carbocycles. The average molecular weight is 186 g/mol. The minimum absolute atomic E-state index is 0.0127. The molecular weight excluding hydrogens is 168 g/mol. The van der Waals surface area contributed by atoms with Crippen LogP contribution in [-0.4, -0.2) is 35.1 Å². The first-order valence-corrected chi connectivity index (χ1v) is 4.81. The number of rotatable bonds is 4. The summed E-state index contributed by atoms with van der Waals surface area (Å²) in [4.78, 5) is 0. The molecule has 3 nitrogen and oxygen atoms in total. The second kappa shape index (κ2) is 5.37. The number of hydrogen-bond donors (Lipinski definition) is 2. The average Bonchev–Trinajstić information content (AvgIpc) is 2.04. The molecule has 2 N–H and O–H groups in total. The quantitative estimate of drug-likeness (QED) is 0.640. The fourth-order valence-corrected chi connectivity index (χ4v) is 1.75. The third-order valence-electron chi connectivity index (χ3n) is 2.34. The molecule has 1 rings (SSSR count). The van der Waals surface area contributed by atoms with Gasteiger partial charge < -0.3 is 14.9 Å². The lowest BCUT2D eigenvalue weighted by atomic mass is 9.98. The third-order valence-corrected chi connectivity index (χ3v) is 2.34. The molecular formula is C10H18O3. The van der Waals surface area contributed by atoms with Gasteiger partial charge in [0, 0.05) is 6.61 Å². The maximum atomic E-state index is 9.51. The van der Waals surface area contributed by atoms with Gasteiger partial charge in [0.25, 0.3) is 0 Å². The van der Waals surface area contributed by atoms with Crippen molar-refractivity contribution in [2.45, 2.75) is 44.0 Å². The second-order valence-electron chi connectivity index (χ2n) is 3.54. The molecule has 0 amide bonds. The predicted molar refractivity (Wildman–Crippen MR) is 50.4 cm³/mol. The summed E-state index contributed by atoms with van der Waals surface area (Å²) in [5.74, 6) is 0. The predicted octanol–water partition coefficient (Wildman–Crippen LogP) is 0.853. The zero-order chi connectivity index (χ0) is 9.68. The largest absolute Gasteiger partial charge is 0.396 e. The number of hydrogen-bond acceptors (Lipinski definition) is 3. The molecule has 76 valence electrons. The molecule has 0 bridgehead atoms. The first-order chi connectivity index (χ1) is 6.26. The lowest BCUT2D eigenvalue weighted by Gasteiger charge is -2.32. The van der Waals surface area contributed by atoms with Crippen molar-refractivity contribution in [1.29, 1.82) is 0 Å². The van der Waals surface area contributed by atoms with Gasteiger partial charge in [-0.3, -0.25) is 0 Å². The van der Waals surface area contributed by atoms with Gasteiger partial charge in [0.05, 0.1) is 18.3 Å². The second-order valence-corrected chi connectivity index (χ2v) is 3.54. The zero-order valence-corrected chi connectivity index (χ0v) is 7.85. The highest BCUT2D eigenvalue weighted by Crippen LogP contribution is 2.23. The molecule has 0 aromatic rings. The van der Waals surface area contributed by atoms with E-state index < -0.39 is 0 Å². The van der Waals surface area contributed by atoms with Crippen molar-refractivity contribution in [1.82, 2.24) is 0 Å². The van der Waals surface area contributed by atoms with Crippen LogP contribution in [0.15, 0.2) is 12.7 Å². The first kappa shape index (κ1) is 10.7. The Morgan fingerprint density at radius 1 is 1.38 bits per heavy atom. The van der Waals surface area contributed by atoms with Gasteiger partial charge in [-0.2, -0.15) is 0 Å². The smallest absolute Gasteiger partial charge is 0.0637 e. The van der Waals surface area contributed by atoms with Crippen LogP contribution in [0.3, 0.4) is 0 Å². The van der Waals surface area contributed by atoms with E-state index in [1.165, 1.54) is 0 Å². The van der Waals surface area contributed by atoms with Crippen LogP contribution >= 0.6 is 0 Å². The highest BCUT2D eigenvalue weighted by Gasteiger charge is 2.26. The summed E-state index contributed by atoms with van der Waals surface area (Å²) >= 11 is 0. The van der Waals surface area contributed by atoms with Crippen LogP contribution < -0.4 is 0 Å². The lowest BCUT2D eigenvalue weighted by Crippen LogP contribution is -2.35. The van der Waals surface area contributed by atoms with E-state index in [1.807, 2.05) is 0 Å². The highest BCUT2D eigenvalue weighted by molar-refractivity contribution is 4.82. The molecule has 0 aliphatic carbocycles. The first-order valence-electron chi connectivity index (χ1n) is 4.81. The molecule has 0 aromatic heterocycles. The van der Waals surface area contributed by atoms with Gasteiger partial charge >= 0.3 is 0 Å². The van der Waals surface area contributed by atoms with Gasteiger partial charge in [-0.25, -0.2) is 0 Å². The Morgan fingerprint density at radius 3 is 2.69 bits per heavy atom. The summed E-state index contributed by atoms with van der Waals surface area (Å²) in [6.07, 6.45) is 4.34. The number of aliphatic hydroxyl groups excluding tert-OH is 2. The molecule has 1 saturated heterocycles. The summed E-state index contributed by atoms with van der Waals surface area (Å²) in [5.41, 5.74) is 0. The Hall–Kier alpha value is -0.380. The van der Waals surface area contributed by atoms with Gasteiger partial charge in [-0.1, -0.05) is 6.08 Å². The van der Waals surface area contributed by atoms with Crippen LogP contribution in [0.25, 0.3) is 0 Å². The minimum atomic E-state index is -0.282. The third kappa shape index (κ3) is 3.46. The van der Waals surface area contributed by atoms with Crippen molar-refractivity contribution < 1.29 is 14.9 Å². The van der Waals surface area contributed by atoms with E-state index in [0.717, 1.165) is 6.42 Å². The Balaban J connectivity index is 2.37. The topological polar surface area (TPSA) is 49.7 Å². The van der Waals surface area contributed by atoms with Gasteiger partial charge in [0.1, 0.15) is 0 Å². The van der Waals surface area contributed by atoms with E-state index in [2.05, 4.69) is 6.58 Å². The van der Waals surface area contributed by atoms with Crippen LogP contribution in [-0.2, 0) is 4.74 Å². The van der Waals surface area contributed by atoms with E-state index in [4.69, 9.17) is 9.84 Å². The van der Waals surface area contributed by atoms with Crippen LogP contribution in [0.1, 0.15) is 25.7 Å². The Morgan fingerprint density at radius 2 is 2.08 bits per heavy atom. The summed E-state index contributed by atoms with van der Waals surface area (Å²) < 4.78 is 5.65. The molecule has 1 fully saturated rings. The standard InChI is InChI=1S/C10H18O3/c1-2-3-9-6-8(12)7-10(13-9)4-5-11/h2,8-12H,1,3-7H2/t8-,9+,10+/m0/s1. The van der Waals surface area contributed by atoms with Crippen LogP contribution in [0.2, 0.25) is 0 Å². The van der Waals surface area contributed by atoms with Crippen molar-refractivity contribution >= 4 is 0 Å². The van der Waals surface area contributed by atoms with Crippen LogP contribution in [0.5, 0.6) is 0 Å². The zero-order valence-electron chi connectivity index (χ0n) is 7.85. The maximum absolute atomic E-state index is 9.51. The summed E-state index contributed by atoms with van der Waals surface area (Å²) in [7, 11) is 0. The number of aliphatic hydroxyl groups is 2. The molecule has 1 aliphatic rings. The summed E-state index contributed by atoms with van der Waals surface area (Å²) in [5, 5.41) is 18.2. The van der Waals surface area contributed by atoms with Crippen molar-refractivity contribution in [2.24, 2.45) is 0 Å². The Kier molecular flexibility index (Phi) is 4.42. The number of ether oxygens (including phenoxy) is 1. The van der Waals surface area contributed by atoms with Crippen molar-refractivity contribution in [3.8, 4) is 0 Å². The molecule has 0 radical (unpaired) electrons. The normalized spacial score (nSPS) is 34.5. The lowest BCUT2D eigenvalue weighted by molar-refractivity contribution is -0.0995. The fraction of sp³-hybridized carbons (Fsp3) is 0.800. The molecule has 0 spiro atoms. The van der Waals surface area contributed by atoms with Crippen molar-refractivity contribution in [2.75, 3.05) is 6.61 Å². The molecule has 13 heavy (non-hydrogen) atoms. The van der Waals surface area contributed by atoms with E-state index in [-0.39, 0.29) is 24.9 Å². The van der Waals surface area contributed by atoms with Crippen LogP contribution in [0, 0.1) is 0 Å². The van der Waals surface area contributed by atoms with Crippen LogP contribution in [0.4, 0.5) is 0 Å². The Labute approximate surface area is 79.0 Å². The monoisotopic (exact) mass is 186 g/mol. The molecule has 0 unspecified atom stereocenters. The van der Waals surface area contributed by atoms with Gasteiger partial charge in [-0.05, 0) is 25.7 Å². The van der Waals surface area contributed by atoms with E-state index in [0.29, 0.717) is 19.3 Å². The minimum Gasteiger partial charge on any atom is -0.396 e. The van der Waals surface area contributed by atoms with Gasteiger partial charge in [0.15, 0.2) is 0 Å². The summed E-state index contributed by atoms with van der Waals surface area (Å²) in [6, 6.07) is 0. The Bertz CT molecular complexity index is 158. The maximum Gasteiger partial charge on any atom is 0.0637 e. The molecule has 1 aliphatic heterocycles. The molecule has 0 aromatic carbocycles. The van der Waals surface area contributed by atoms with Gasteiger partial charge in [-0.15, -0.1) is 6.58 Å². The van der Waals surface area contributed by atoms with E-state index >= 15 is 0 Å². The molecule has 3 atom stereocenters. The molecule has 1 heterocycles. The SMILES string of the molecule is C=CC[C@@H]1C[C@H](O)C[C@@H](CCO)O1. The van der Waals surface area contributed by atoms with Crippen molar-refractivity contribution in [3.63, 3.8) is 0 Å². The van der Waals surface area contributed by atoms with E-state index in [9.17, 15) is 5.11 Å². The van der Waals surface area contributed by atoms with Gasteiger partial charge in [0.2, 0.25) is 0 Å². The molecule has 3 heteroatoms. The highest BCUT2D eigenvalue weighted by atomic mass is 16.5.